The molecule has 8 heteroatoms. The van der Waals surface area contributed by atoms with E-state index in [0.29, 0.717) is 5.75 Å². The monoisotopic (exact) mass is 383 g/mol. The first-order chi connectivity index (χ1) is 12.3. The van der Waals surface area contributed by atoms with Gasteiger partial charge in [0, 0.05) is 25.3 Å². The third-order valence-corrected chi connectivity index (χ3v) is 5.58. The lowest BCUT2D eigenvalue weighted by Crippen LogP contribution is -2.40. The number of rotatable bonds is 8. The summed E-state index contributed by atoms with van der Waals surface area (Å²) >= 11 is 0. The van der Waals surface area contributed by atoms with E-state index in [4.69, 9.17) is 14.2 Å². The number of methoxy groups -OCH3 is 3. The highest BCUT2D eigenvalue weighted by Crippen LogP contribution is 2.30. The van der Waals surface area contributed by atoms with Gasteiger partial charge < -0.3 is 14.2 Å². The number of nitrogens with one attached hydrogen (secondary N) is 1. The predicted octanol–water partition coefficient (Wildman–Crippen LogP) is 2.68. The summed E-state index contributed by atoms with van der Waals surface area (Å²) in [5.41, 5.74) is -0.937. The summed E-state index contributed by atoms with van der Waals surface area (Å²) in [6.07, 6.45) is 0. The lowest BCUT2D eigenvalue weighted by molar-refractivity contribution is 0.00409. The molecule has 0 amide bonds. The normalized spacial score (nSPS) is 13.9. The number of sulfonamides is 1. The molecule has 1 atom stereocenters. The zero-order chi connectivity index (χ0) is 19.4. The second-order valence-electron chi connectivity index (χ2n) is 5.76. The number of halogens is 1. The minimum absolute atomic E-state index is 0.0775. The van der Waals surface area contributed by atoms with Gasteiger partial charge >= 0.3 is 0 Å². The molecule has 2 aromatic rings. The van der Waals surface area contributed by atoms with E-state index in [-0.39, 0.29) is 22.8 Å². The summed E-state index contributed by atoms with van der Waals surface area (Å²) in [7, 11) is 0.249. The Morgan fingerprint density at radius 2 is 1.77 bits per heavy atom. The third kappa shape index (κ3) is 4.14. The van der Waals surface area contributed by atoms with Gasteiger partial charge in [0.1, 0.15) is 27.8 Å². The van der Waals surface area contributed by atoms with Crippen molar-refractivity contribution >= 4 is 10.0 Å². The minimum atomic E-state index is -3.96. The summed E-state index contributed by atoms with van der Waals surface area (Å²) in [5, 5.41) is 0. The average Bonchev–Trinajstić information content (AvgIpc) is 2.66. The third-order valence-electron chi connectivity index (χ3n) is 4.15. The minimum Gasteiger partial charge on any atom is -0.497 e. The first-order valence-electron chi connectivity index (χ1n) is 7.79. The summed E-state index contributed by atoms with van der Waals surface area (Å²) < 4.78 is 57.7. The molecule has 0 heterocycles. The van der Waals surface area contributed by atoms with E-state index in [9.17, 15) is 12.8 Å². The van der Waals surface area contributed by atoms with Crippen LogP contribution in [0.15, 0.2) is 47.4 Å². The second-order valence-corrected chi connectivity index (χ2v) is 7.49. The van der Waals surface area contributed by atoms with E-state index in [1.54, 1.807) is 31.2 Å². The predicted molar refractivity (Wildman–Crippen MR) is 95.5 cm³/mol. The SMILES string of the molecule is COc1ccc(OC)c(S(=O)(=O)NCC(C)(OC)c2ccccc2F)c1. The number of hydrogen-bond acceptors (Lipinski definition) is 5. The van der Waals surface area contributed by atoms with E-state index in [1.165, 1.54) is 39.5 Å². The van der Waals surface area contributed by atoms with Gasteiger partial charge in [0.15, 0.2) is 0 Å². The van der Waals surface area contributed by atoms with Crippen LogP contribution < -0.4 is 14.2 Å². The van der Waals surface area contributed by atoms with E-state index in [0.717, 1.165) is 0 Å². The Morgan fingerprint density at radius 1 is 1.08 bits per heavy atom. The molecule has 0 aliphatic heterocycles. The summed E-state index contributed by atoms with van der Waals surface area (Å²) in [4.78, 5) is -0.0775. The molecule has 26 heavy (non-hydrogen) atoms. The molecular formula is C18H22FNO5S. The molecule has 2 aromatic carbocycles. The topological polar surface area (TPSA) is 73.9 Å². The Hall–Kier alpha value is -2.16. The van der Waals surface area contributed by atoms with Crippen LogP contribution in [0.3, 0.4) is 0 Å². The van der Waals surface area contributed by atoms with Crippen molar-refractivity contribution in [1.82, 2.24) is 4.72 Å². The molecule has 0 aliphatic rings. The van der Waals surface area contributed by atoms with Gasteiger partial charge in [-0.1, -0.05) is 18.2 Å². The van der Waals surface area contributed by atoms with E-state index >= 15 is 0 Å². The van der Waals surface area contributed by atoms with Crippen LogP contribution in [0.4, 0.5) is 4.39 Å². The molecule has 0 saturated heterocycles. The fourth-order valence-electron chi connectivity index (χ4n) is 2.47. The van der Waals surface area contributed by atoms with Gasteiger partial charge in [-0.15, -0.1) is 0 Å². The van der Waals surface area contributed by atoms with Gasteiger partial charge in [-0.2, -0.15) is 0 Å². The van der Waals surface area contributed by atoms with Crippen molar-refractivity contribution < 1.29 is 27.0 Å². The van der Waals surface area contributed by atoms with Crippen LogP contribution >= 0.6 is 0 Å². The Bertz CT molecular complexity index is 872. The fraction of sp³-hybridized carbons (Fsp3) is 0.333. The largest absolute Gasteiger partial charge is 0.497 e. The van der Waals surface area contributed by atoms with E-state index in [2.05, 4.69) is 4.72 Å². The molecule has 0 saturated carbocycles. The van der Waals surface area contributed by atoms with Gasteiger partial charge in [-0.05, 0) is 25.1 Å². The Labute approximate surface area is 152 Å². The van der Waals surface area contributed by atoms with Crippen LogP contribution in [0.25, 0.3) is 0 Å². The van der Waals surface area contributed by atoms with Gasteiger partial charge in [-0.25, -0.2) is 17.5 Å². The number of hydrogen-bond donors (Lipinski definition) is 1. The molecule has 142 valence electrons. The first kappa shape index (κ1) is 20.2. The summed E-state index contributed by atoms with van der Waals surface area (Å²) in [6, 6.07) is 10.5. The van der Waals surface area contributed by atoms with Crippen molar-refractivity contribution in [3.05, 3.63) is 53.8 Å². The molecule has 1 unspecified atom stereocenters. The molecule has 0 aliphatic carbocycles. The molecule has 0 bridgehead atoms. The smallest absolute Gasteiger partial charge is 0.244 e. The van der Waals surface area contributed by atoms with Crippen molar-refractivity contribution in [2.24, 2.45) is 0 Å². The maximum absolute atomic E-state index is 14.1. The highest BCUT2D eigenvalue weighted by molar-refractivity contribution is 7.89. The molecule has 2 rings (SSSR count). The van der Waals surface area contributed by atoms with Crippen LogP contribution in [-0.4, -0.2) is 36.3 Å². The standard InChI is InChI=1S/C18H22FNO5S/c1-18(25-4,14-7-5-6-8-15(14)19)12-20-26(21,22)17-11-13(23-2)9-10-16(17)24-3/h5-11,20H,12H2,1-4H3. The maximum atomic E-state index is 14.1. The fourth-order valence-corrected chi connectivity index (χ4v) is 3.78. The maximum Gasteiger partial charge on any atom is 0.244 e. The van der Waals surface area contributed by atoms with Gasteiger partial charge in [0.2, 0.25) is 10.0 Å². The average molecular weight is 383 g/mol. The van der Waals surface area contributed by atoms with Gasteiger partial charge in [0.25, 0.3) is 0 Å². The summed E-state index contributed by atoms with van der Waals surface area (Å²) in [5.74, 6) is 0.0631. The Morgan fingerprint density at radius 3 is 2.35 bits per heavy atom. The highest BCUT2D eigenvalue weighted by Gasteiger charge is 2.32. The van der Waals surface area contributed by atoms with Gasteiger partial charge in [-0.3, -0.25) is 0 Å². The van der Waals surface area contributed by atoms with Crippen molar-refractivity contribution in [3.63, 3.8) is 0 Å². The van der Waals surface area contributed by atoms with Crippen LogP contribution in [0.2, 0.25) is 0 Å². The van der Waals surface area contributed by atoms with Crippen molar-refractivity contribution in [3.8, 4) is 11.5 Å². The molecule has 6 nitrogen and oxygen atoms in total. The first-order valence-corrected chi connectivity index (χ1v) is 9.27. The van der Waals surface area contributed by atoms with Crippen molar-refractivity contribution in [2.75, 3.05) is 27.9 Å². The van der Waals surface area contributed by atoms with Crippen LogP contribution in [0, 0.1) is 5.82 Å². The molecule has 0 radical (unpaired) electrons. The lowest BCUT2D eigenvalue weighted by Gasteiger charge is -2.29. The summed E-state index contributed by atoms with van der Waals surface area (Å²) in [6.45, 7) is 1.43. The van der Waals surface area contributed by atoms with Crippen molar-refractivity contribution in [2.45, 2.75) is 17.4 Å². The van der Waals surface area contributed by atoms with E-state index in [1.807, 2.05) is 0 Å². The molecule has 0 spiro atoms. The van der Waals surface area contributed by atoms with Crippen LogP contribution in [0.5, 0.6) is 11.5 Å². The Balaban J connectivity index is 2.34. The van der Waals surface area contributed by atoms with E-state index < -0.39 is 21.4 Å². The molecular weight excluding hydrogens is 361 g/mol. The van der Waals surface area contributed by atoms with Crippen LogP contribution in [0.1, 0.15) is 12.5 Å². The van der Waals surface area contributed by atoms with Crippen molar-refractivity contribution in [1.29, 1.82) is 0 Å². The zero-order valence-electron chi connectivity index (χ0n) is 15.1. The number of benzene rings is 2. The zero-order valence-corrected chi connectivity index (χ0v) is 15.9. The highest BCUT2D eigenvalue weighted by atomic mass is 32.2. The Kier molecular flexibility index (Phi) is 6.22. The van der Waals surface area contributed by atoms with Crippen LogP contribution in [-0.2, 0) is 20.4 Å². The molecule has 0 fully saturated rings. The second kappa shape index (κ2) is 8.03. The quantitative estimate of drug-likeness (QED) is 0.759. The lowest BCUT2D eigenvalue weighted by atomic mass is 9.95. The molecule has 1 N–H and O–H groups in total. The number of ether oxygens (including phenoxy) is 3. The molecule has 0 aromatic heterocycles. The van der Waals surface area contributed by atoms with Gasteiger partial charge in [0.05, 0.1) is 14.2 Å².